The Bertz CT molecular complexity index is 527. The lowest BCUT2D eigenvalue weighted by molar-refractivity contribution is 0.0779. The predicted octanol–water partition coefficient (Wildman–Crippen LogP) is 4.90. The first-order chi connectivity index (χ1) is 9.19. The van der Waals surface area contributed by atoms with Gasteiger partial charge < -0.3 is 0 Å². The maximum atomic E-state index is 4.42. The fraction of sp³-hybridized carbons (Fsp3) is 0.579. The molecule has 0 heteroatoms. The van der Waals surface area contributed by atoms with Crippen LogP contribution in [0.1, 0.15) is 56.1 Å². The van der Waals surface area contributed by atoms with Gasteiger partial charge in [0.25, 0.3) is 0 Å². The van der Waals surface area contributed by atoms with Gasteiger partial charge in [-0.3, -0.25) is 0 Å². The molecule has 2 fully saturated rings. The van der Waals surface area contributed by atoms with Gasteiger partial charge in [0.05, 0.1) is 0 Å². The van der Waals surface area contributed by atoms with Gasteiger partial charge in [0.1, 0.15) is 0 Å². The largest absolute Gasteiger partial charge is 0.0995 e. The fourth-order valence-corrected chi connectivity index (χ4v) is 5.41. The highest BCUT2D eigenvalue weighted by atomic mass is 14.6. The topological polar surface area (TPSA) is 0 Å². The number of aryl methyl sites for hydroxylation is 1. The summed E-state index contributed by atoms with van der Waals surface area (Å²) in [5.41, 5.74) is 5.33. The Morgan fingerprint density at radius 2 is 2.16 bits per heavy atom. The van der Waals surface area contributed by atoms with Gasteiger partial charge in [-0.05, 0) is 78.9 Å². The highest BCUT2D eigenvalue weighted by Crippen LogP contribution is 2.62. The molecule has 0 saturated heterocycles. The molecule has 1 aromatic carbocycles. The Balaban J connectivity index is 1.76. The smallest absolute Gasteiger partial charge is 0.0118 e. The van der Waals surface area contributed by atoms with E-state index < -0.39 is 0 Å². The van der Waals surface area contributed by atoms with Crippen LogP contribution in [-0.4, -0.2) is 0 Å². The molecule has 1 aromatic rings. The van der Waals surface area contributed by atoms with Crippen LogP contribution in [0.5, 0.6) is 0 Å². The van der Waals surface area contributed by atoms with E-state index in [1.54, 1.807) is 16.7 Å². The van der Waals surface area contributed by atoms with E-state index in [2.05, 4.69) is 37.8 Å². The molecular formula is C19H23. The van der Waals surface area contributed by atoms with Crippen LogP contribution in [0.25, 0.3) is 0 Å². The fourth-order valence-electron chi connectivity index (χ4n) is 5.41. The molecule has 0 aliphatic heterocycles. The van der Waals surface area contributed by atoms with Crippen LogP contribution in [0, 0.1) is 23.3 Å². The molecule has 0 heterocycles. The van der Waals surface area contributed by atoms with Crippen molar-refractivity contribution >= 4 is 0 Å². The van der Waals surface area contributed by atoms with E-state index >= 15 is 0 Å². The van der Waals surface area contributed by atoms with Gasteiger partial charge in [-0.15, -0.1) is 0 Å². The van der Waals surface area contributed by atoms with E-state index in [9.17, 15) is 0 Å². The Morgan fingerprint density at radius 1 is 1.26 bits per heavy atom. The molecule has 0 N–H and O–H groups in total. The number of rotatable bonds is 0. The molecule has 0 unspecified atom stereocenters. The summed E-state index contributed by atoms with van der Waals surface area (Å²) in [6.45, 7) is 6.95. The minimum Gasteiger partial charge on any atom is -0.0995 e. The van der Waals surface area contributed by atoms with Crippen molar-refractivity contribution in [3.8, 4) is 0 Å². The average Bonchev–Trinajstić information content (AvgIpc) is 2.74. The highest BCUT2D eigenvalue weighted by molar-refractivity contribution is 5.35. The van der Waals surface area contributed by atoms with Crippen molar-refractivity contribution < 1.29 is 0 Å². The van der Waals surface area contributed by atoms with E-state index in [0.29, 0.717) is 5.41 Å². The van der Waals surface area contributed by atoms with E-state index in [1.807, 2.05) is 0 Å². The summed E-state index contributed by atoms with van der Waals surface area (Å²) in [5.74, 6) is 2.46. The first-order valence-electron chi connectivity index (χ1n) is 7.85. The summed E-state index contributed by atoms with van der Waals surface area (Å²) in [6.07, 6.45) is 8.08. The monoisotopic (exact) mass is 251 g/mol. The number of benzene rings is 1. The Kier molecular flexibility index (Phi) is 2.46. The van der Waals surface area contributed by atoms with E-state index in [0.717, 1.165) is 17.8 Å². The zero-order valence-corrected chi connectivity index (χ0v) is 11.9. The molecule has 4 atom stereocenters. The lowest BCUT2D eigenvalue weighted by atomic mass is 9.55. The van der Waals surface area contributed by atoms with Crippen LogP contribution in [0.4, 0.5) is 0 Å². The molecule has 0 amide bonds. The van der Waals surface area contributed by atoms with Crippen LogP contribution in [-0.2, 0) is 6.42 Å². The third kappa shape index (κ3) is 1.58. The lowest BCUT2D eigenvalue weighted by Gasteiger charge is -2.49. The van der Waals surface area contributed by atoms with Crippen LogP contribution in [0.2, 0.25) is 0 Å². The maximum absolute atomic E-state index is 4.42. The Hall–Kier alpha value is -1.04. The van der Waals surface area contributed by atoms with Crippen LogP contribution >= 0.6 is 0 Å². The second-order valence-corrected chi connectivity index (χ2v) is 7.26. The maximum Gasteiger partial charge on any atom is -0.0118 e. The van der Waals surface area contributed by atoms with E-state index in [-0.39, 0.29) is 0 Å². The minimum absolute atomic E-state index is 0.566. The Morgan fingerprint density at radius 3 is 3.05 bits per heavy atom. The van der Waals surface area contributed by atoms with Gasteiger partial charge in [0.2, 0.25) is 0 Å². The second kappa shape index (κ2) is 3.98. The van der Waals surface area contributed by atoms with E-state index in [4.69, 9.17) is 0 Å². The summed E-state index contributed by atoms with van der Waals surface area (Å²) >= 11 is 0. The van der Waals surface area contributed by atoms with Crippen LogP contribution < -0.4 is 0 Å². The third-order valence-electron chi connectivity index (χ3n) is 6.31. The van der Waals surface area contributed by atoms with Crippen LogP contribution in [0.3, 0.4) is 0 Å². The summed E-state index contributed by atoms with van der Waals surface area (Å²) in [7, 11) is 0. The molecule has 1 radical (unpaired) electrons. The number of allylic oxidation sites excluding steroid dienone is 1. The standard InChI is InChI=1S/C19H23/c1-13-9-11-19(2)12-10-16-15-6-4-3-5-14(15)7-8-17(16)18(13)19/h4-6,16-18H,1,7-12H2,2H3/t16-,17-,18+,19+/m1/s1. The van der Waals surface area contributed by atoms with Crippen molar-refractivity contribution in [1.82, 2.24) is 0 Å². The van der Waals surface area contributed by atoms with Gasteiger partial charge in [-0.2, -0.15) is 0 Å². The van der Waals surface area contributed by atoms with Gasteiger partial charge in [0, 0.05) is 0 Å². The summed E-state index contributed by atoms with van der Waals surface area (Å²) in [4.78, 5) is 0. The van der Waals surface area contributed by atoms with Crippen molar-refractivity contribution in [3.05, 3.63) is 47.5 Å². The first kappa shape index (κ1) is 11.8. The molecule has 19 heavy (non-hydrogen) atoms. The molecule has 0 spiro atoms. The summed E-state index contributed by atoms with van der Waals surface area (Å²) in [5, 5.41) is 0. The molecule has 0 aromatic heterocycles. The number of fused-ring (bicyclic) bond motifs is 5. The molecule has 99 valence electrons. The van der Waals surface area contributed by atoms with Gasteiger partial charge in [0.15, 0.2) is 0 Å². The molecule has 0 nitrogen and oxygen atoms in total. The molecule has 3 aliphatic carbocycles. The second-order valence-electron chi connectivity index (χ2n) is 7.26. The normalized spacial score (nSPS) is 40.5. The van der Waals surface area contributed by atoms with Crippen molar-refractivity contribution in [2.24, 2.45) is 17.3 Å². The van der Waals surface area contributed by atoms with Crippen molar-refractivity contribution in [1.29, 1.82) is 0 Å². The molecule has 0 bridgehead atoms. The van der Waals surface area contributed by atoms with Crippen molar-refractivity contribution in [2.45, 2.75) is 51.4 Å². The molecule has 2 saturated carbocycles. The predicted molar refractivity (Wildman–Crippen MR) is 79.0 cm³/mol. The summed E-state index contributed by atoms with van der Waals surface area (Å²) in [6, 6.07) is 9.94. The molecule has 4 rings (SSSR count). The molecule has 3 aliphatic rings. The zero-order valence-electron chi connectivity index (χ0n) is 11.9. The third-order valence-corrected chi connectivity index (χ3v) is 6.31. The average molecular weight is 251 g/mol. The van der Waals surface area contributed by atoms with Gasteiger partial charge in [-0.25, -0.2) is 0 Å². The quantitative estimate of drug-likeness (QED) is 0.575. The highest BCUT2D eigenvalue weighted by Gasteiger charge is 2.51. The minimum atomic E-state index is 0.566. The van der Waals surface area contributed by atoms with E-state index in [1.165, 1.54) is 38.5 Å². The zero-order chi connectivity index (χ0) is 13.0. The van der Waals surface area contributed by atoms with Gasteiger partial charge >= 0.3 is 0 Å². The SMILES string of the molecule is C=C1CC[C@@]2(C)CC[C@@H]3c4cc[c]cc4CC[C@H]3[C@H]12. The van der Waals surface area contributed by atoms with Crippen LogP contribution in [0.15, 0.2) is 30.4 Å². The first-order valence-corrected chi connectivity index (χ1v) is 7.85. The number of hydrogen-bond donors (Lipinski definition) is 0. The van der Waals surface area contributed by atoms with Gasteiger partial charge in [-0.1, -0.05) is 37.3 Å². The summed E-state index contributed by atoms with van der Waals surface area (Å²) < 4.78 is 0. The lowest BCUT2D eigenvalue weighted by Crippen LogP contribution is -2.40. The van der Waals surface area contributed by atoms with Crippen molar-refractivity contribution in [3.63, 3.8) is 0 Å². The van der Waals surface area contributed by atoms with Crippen molar-refractivity contribution in [2.75, 3.05) is 0 Å². The number of hydrogen-bond acceptors (Lipinski definition) is 0. The molecular weight excluding hydrogens is 228 g/mol. The Labute approximate surface area is 116 Å².